The van der Waals surface area contributed by atoms with Gasteiger partial charge in [-0.05, 0) is 43.7 Å². The first kappa shape index (κ1) is 29.8. The lowest BCUT2D eigenvalue weighted by Crippen LogP contribution is -2.02. The van der Waals surface area contributed by atoms with E-state index < -0.39 is 0 Å². The van der Waals surface area contributed by atoms with Crippen LogP contribution in [0.1, 0.15) is 17.5 Å². The summed E-state index contributed by atoms with van der Waals surface area (Å²) in [4.78, 5) is 42.7. The molecule has 0 aliphatic carbocycles. The lowest BCUT2D eigenvalue weighted by molar-refractivity contribution is 0.928. The molecule has 9 heteroatoms. The Morgan fingerprint density at radius 2 is 0.694 bits per heavy atom. The van der Waals surface area contributed by atoms with Crippen molar-refractivity contribution in [2.24, 2.45) is 0 Å². The molecule has 0 saturated carbocycles. The van der Waals surface area contributed by atoms with Crippen molar-refractivity contribution in [3.05, 3.63) is 139 Å². The maximum absolute atomic E-state index is 5.00. The van der Waals surface area contributed by atoms with Gasteiger partial charge in [0.05, 0.1) is 0 Å². The number of aryl methyl sites for hydroxylation is 3. The molecule has 0 bridgehead atoms. The van der Waals surface area contributed by atoms with E-state index in [0.717, 1.165) is 44.2 Å². The first-order valence-electron chi connectivity index (χ1n) is 15.9. The quantitative estimate of drug-likeness (QED) is 0.178. The van der Waals surface area contributed by atoms with Crippen molar-refractivity contribution in [2.45, 2.75) is 20.8 Å². The van der Waals surface area contributed by atoms with Gasteiger partial charge in [-0.1, -0.05) is 109 Å². The first-order chi connectivity index (χ1) is 24.0. The van der Waals surface area contributed by atoms with Gasteiger partial charge in [-0.2, -0.15) is 0 Å². The summed E-state index contributed by atoms with van der Waals surface area (Å²) in [6.45, 7) is 5.62. The van der Waals surface area contributed by atoms with Crippen LogP contribution in [0.4, 0.5) is 0 Å². The normalized spacial score (nSPS) is 11.2. The Morgan fingerprint density at radius 1 is 0.306 bits per heavy atom. The van der Waals surface area contributed by atoms with Crippen molar-refractivity contribution in [3.8, 4) is 68.3 Å². The van der Waals surface area contributed by atoms with Gasteiger partial charge < -0.3 is 0 Å². The molecular formula is C40H29N9. The SMILES string of the molecule is Cc1nc(C)nc(-c2ccc(-c3nc(C)nc(-c4cc(-c5nc(-c6ccccc6)nc(-c6ccccc6)n5)cc5ccccc45)n3)cc2)n1. The van der Waals surface area contributed by atoms with Gasteiger partial charge >= 0.3 is 0 Å². The highest BCUT2D eigenvalue weighted by Crippen LogP contribution is 2.34. The molecule has 0 N–H and O–H groups in total. The van der Waals surface area contributed by atoms with E-state index in [1.54, 1.807) is 0 Å². The summed E-state index contributed by atoms with van der Waals surface area (Å²) in [6, 6.07) is 40.2. The third-order valence-electron chi connectivity index (χ3n) is 8.07. The molecule has 8 rings (SSSR count). The summed E-state index contributed by atoms with van der Waals surface area (Å²) >= 11 is 0. The number of aromatic nitrogens is 9. The highest BCUT2D eigenvalue weighted by atomic mass is 15.0. The monoisotopic (exact) mass is 635 g/mol. The third-order valence-corrected chi connectivity index (χ3v) is 8.07. The third kappa shape index (κ3) is 6.13. The van der Waals surface area contributed by atoms with Crippen LogP contribution in [-0.4, -0.2) is 44.9 Å². The van der Waals surface area contributed by atoms with Crippen molar-refractivity contribution < 1.29 is 0 Å². The summed E-state index contributed by atoms with van der Waals surface area (Å²) in [5.41, 5.74) is 5.26. The predicted molar refractivity (Wildman–Crippen MR) is 191 cm³/mol. The topological polar surface area (TPSA) is 116 Å². The summed E-state index contributed by atoms with van der Waals surface area (Å²) in [6.07, 6.45) is 0. The fraction of sp³-hybridized carbons (Fsp3) is 0.0750. The molecule has 234 valence electrons. The van der Waals surface area contributed by atoms with E-state index in [9.17, 15) is 0 Å². The molecule has 5 aromatic carbocycles. The number of benzene rings is 5. The molecule has 0 saturated heterocycles. The Bertz CT molecular complexity index is 2390. The smallest absolute Gasteiger partial charge is 0.164 e. The summed E-state index contributed by atoms with van der Waals surface area (Å²) in [5.74, 6) is 5.51. The Labute approximate surface area is 283 Å². The average Bonchev–Trinajstić information content (AvgIpc) is 3.14. The van der Waals surface area contributed by atoms with Crippen LogP contribution in [0, 0.1) is 20.8 Å². The van der Waals surface area contributed by atoms with Crippen LogP contribution in [0.5, 0.6) is 0 Å². The zero-order chi connectivity index (χ0) is 33.3. The molecular weight excluding hydrogens is 607 g/mol. The second-order valence-electron chi connectivity index (χ2n) is 11.6. The van der Waals surface area contributed by atoms with Gasteiger partial charge in [0.25, 0.3) is 0 Å². The highest BCUT2D eigenvalue weighted by molar-refractivity contribution is 5.98. The molecule has 0 aliphatic rings. The van der Waals surface area contributed by atoms with Crippen LogP contribution in [0.15, 0.2) is 121 Å². The van der Waals surface area contributed by atoms with Gasteiger partial charge in [-0.15, -0.1) is 0 Å². The second-order valence-corrected chi connectivity index (χ2v) is 11.6. The minimum Gasteiger partial charge on any atom is -0.219 e. The standard InChI is InChI=1S/C40H29N9/c1-24-41-25(2)43-35(42-24)29-18-20-30(21-19-29)36-44-26(3)45-40(49-36)34-23-32(22-31-16-10-11-17-33(31)34)39-47-37(27-12-6-4-7-13-27)46-38(48-39)28-14-8-5-9-15-28/h4-23H,1-3H3. The summed E-state index contributed by atoms with van der Waals surface area (Å²) in [7, 11) is 0. The predicted octanol–water partition coefficient (Wildman–Crippen LogP) is 8.32. The van der Waals surface area contributed by atoms with Crippen LogP contribution < -0.4 is 0 Å². The largest absolute Gasteiger partial charge is 0.219 e. The molecule has 3 aromatic heterocycles. The van der Waals surface area contributed by atoms with Crippen molar-refractivity contribution in [2.75, 3.05) is 0 Å². The second kappa shape index (κ2) is 12.5. The zero-order valence-electron chi connectivity index (χ0n) is 27.1. The molecule has 3 heterocycles. The maximum atomic E-state index is 5.00. The number of fused-ring (bicyclic) bond motifs is 1. The maximum Gasteiger partial charge on any atom is 0.164 e. The Kier molecular flexibility index (Phi) is 7.62. The molecule has 49 heavy (non-hydrogen) atoms. The van der Waals surface area contributed by atoms with Crippen LogP contribution in [0.2, 0.25) is 0 Å². The van der Waals surface area contributed by atoms with Crippen LogP contribution in [-0.2, 0) is 0 Å². The highest BCUT2D eigenvalue weighted by Gasteiger charge is 2.17. The molecule has 0 radical (unpaired) electrons. The minimum absolute atomic E-state index is 0.560. The van der Waals surface area contributed by atoms with E-state index >= 15 is 0 Å². The molecule has 0 unspecified atom stereocenters. The lowest BCUT2D eigenvalue weighted by Gasteiger charge is -2.12. The van der Waals surface area contributed by atoms with Crippen molar-refractivity contribution in [1.29, 1.82) is 0 Å². The fourth-order valence-corrected chi connectivity index (χ4v) is 5.81. The Balaban J connectivity index is 1.26. The first-order valence-corrected chi connectivity index (χ1v) is 15.9. The van der Waals surface area contributed by atoms with Crippen LogP contribution >= 0.6 is 0 Å². The van der Waals surface area contributed by atoms with Gasteiger partial charge in [0.15, 0.2) is 34.9 Å². The Morgan fingerprint density at radius 3 is 1.27 bits per heavy atom. The van der Waals surface area contributed by atoms with Crippen LogP contribution in [0.3, 0.4) is 0 Å². The summed E-state index contributed by atoms with van der Waals surface area (Å²) in [5, 5.41) is 2.03. The van der Waals surface area contributed by atoms with E-state index in [1.165, 1.54) is 0 Å². The number of hydrogen-bond acceptors (Lipinski definition) is 9. The molecule has 0 amide bonds. The fourth-order valence-electron chi connectivity index (χ4n) is 5.81. The van der Waals surface area contributed by atoms with Crippen molar-refractivity contribution in [1.82, 2.24) is 44.9 Å². The van der Waals surface area contributed by atoms with Crippen LogP contribution in [0.25, 0.3) is 79.1 Å². The van der Waals surface area contributed by atoms with E-state index in [0.29, 0.717) is 52.4 Å². The molecule has 0 atom stereocenters. The number of hydrogen-bond donors (Lipinski definition) is 0. The van der Waals surface area contributed by atoms with Gasteiger partial charge in [0.1, 0.15) is 17.5 Å². The number of nitrogens with zero attached hydrogens (tertiary/aromatic N) is 9. The average molecular weight is 636 g/mol. The molecule has 9 nitrogen and oxygen atoms in total. The van der Waals surface area contributed by atoms with E-state index in [4.69, 9.17) is 29.9 Å². The van der Waals surface area contributed by atoms with E-state index in [1.807, 2.05) is 118 Å². The van der Waals surface area contributed by atoms with Crippen molar-refractivity contribution in [3.63, 3.8) is 0 Å². The molecule has 0 spiro atoms. The van der Waals surface area contributed by atoms with Gasteiger partial charge in [0, 0.05) is 33.4 Å². The van der Waals surface area contributed by atoms with Gasteiger partial charge in [-0.3, -0.25) is 0 Å². The number of rotatable bonds is 6. The molecule has 0 fully saturated rings. The van der Waals surface area contributed by atoms with Gasteiger partial charge in [0.2, 0.25) is 0 Å². The molecule has 0 aliphatic heterocycles. The molecule has 8 aromatic rings. The zero-order valence-corrected chi connectivity index (χ0v) is 27.1. The Hall–Kier alpha value is -6.61. The lowest BCUT2D eigenvalue weighted by atomic mass is 9.99. The minimum atomic E-state index is 0.560. The van der Waals surface area contributed by atoms with E-state index in [-0.39, 0.29) is 0 Å². The van der Waals surface area contributed by atoms with E-state index in [2.05, 4.69) is 39.2 Å². The van der Waals surface area contributed by atoms with Crippen molar-refractivity contribution >= 4 is 10.8 Å². The van der Waals surface area contributed by atoms with Gasteiger partial charge in [-0.25, -0.2) is 44.9 Å². The summed E-state index contributed by atoms with van der Waals surface area (Å²) < 4.78 is 0.